The summed E-state index contributed by atoms with van der Waals surface area (Å²) in [6, 6.07) is 4.73. The van der Waals surface area contributed by atoms with E-state index in [2.05, 4.69) is 0 Å². The first-order chi connectivity index (χ1) is 7.89. The van der Waals surface area contributed by atoms with Crippen molar-refractivity contribution in [2.24, 2.45) is 0 Å². The molecule has 17 heavy (non-hydrogen) atoms. The molecular weight excluding hydrogens is 251 g/mol. The van der Waals surface area contributed by atoms with Crippen molar-refractivity contribution in [1.29, 1.82) is 0 Å². The predicted octanol–water partition coefficient (Wildman–Crippen LogP) is 3.23. The Morgan fingerprint density at radius 1 is 1.29 bits per heavy atom. The predicted molar refractivity (Wildman–Crippen MR) is 59.7 cm³/mol. The highest BCUT2D eigenvalue weighted by Crippen LogP contribution is 2.30. The fraction of sp³-hybridized carbons (Fsp3) is 0.182. The lowest BCUT2D eigenvalue weighted by atomic mass is 10.2. The second-order valence-corrected chi connectivity index (χ2v) is 4.35. The van der Waals surface area contributed by atoms with Crippen LogP contribution in [0.25, 0.3) is 5.69 Å². The molecule has 6 heteroatoms. The molecule has 1 aromatic heterocycles. The van der Waals surface area contributed by atoms with Crippen molar-refractivity contribution in [3.63, 3.8) is 0 Å². The molecule has 0 saturated carbocycles. The molecule has 0 N–H and O–H groups in total. The smallest absolute Gasteiger partial charge is 0.272 e. The highest BCUT2D eigenvalue weighted by atomic mass is 32.1. The van der Waals surface area contributed by atoms with Gasteiger partial charge < -0.3 is 0 Å². The van der Waals surface area contributed by atoms with Crippen molar-refractivity contribution in [3.8, 4) is 5.69 Å². The zero-order chi connectivity index (χ0) is 12.6. The average molecular weight is 259 g/mol. The van der Waals surface area contributed by atoms with E-state index in [1.54, 1.807) is 12.3 Å². The molecule has 2 rings (SSSR count). The first kappa shape index (κ1) is 11.9. The quantitative estimate of drug-likeness (QED) is 0.770. The van der Waals surface area contributed by atoms with Gasteiger partial charge in [0.25, 0.3) is 0 Å². The van der Waals surface area contributed by atoms with Gasteiger partial charge in [-0.3, -0.25) is 9.36 Å². The topological polar surface area (TPSA) is 22.0 Å². The van der Waals surface area contributed by atoms with Gasteiger partial charge in [0, 0.05) is 11.1 Å². The summed E-state index contributed by atoms with van der Waals surface area (Å²) in [5.74, 6) is 0. The molecule has 0 unspecified atom stereocenters. The molecular formula is C11H8F3NOS. The molecule has 2 aromatic rings. The lowest BCUT2D eigenvalue weighted by Crippen LogP contribution is -2.13. The Hall–Kier alpha value is -1.56. The van der Waals surface area contributed by atoms with Gasteiger partial charge in [-0.25, -0.2) is 0 Å². The Bertz CT molecular complexity index is 597. The summed E-state index contributed by atoms with van der Waals surface area (Å²) in [4.78, 5) is 11.2. The van der Waals surface area contributed by atoms with Crippen molar-refractivity contribution in [2.45, 2.75) is 13.1 Å². The van der Waals surface area contributed by atoms with Gasteiger partial charge >= 0.3 is 11.0 Å². The summed E-state index contributed by atoms with van der Waals surface area (Å²) in [5.41, 5.74) is 0.107. The fourth-order valence-corrected chi connectivity index (χ4v) is 2.25. The van der Waals surface area contributed by atoms with E-state index in [4.69, 9.17) is 0 Å². The Kier molecular flexibility index (Phi) is 2.82. The summed E-state index contributed by atoms with van der Waals surface area (Å²) in [6.07, 6.45) is -4.40. The van der Waals surface area contributed by atoms with Crippen molar-refractivity contribution >= 4 is 11.3 Å². The molecule has 0 fully saturated rings. The number of aryl methyl sites for hydroxylation is 1. The van der Waals surface area contributed by atoms with E-state index < -0.39 is 11.7 Å². The molecule has 0 aliphatic rings. The van der Waals surface area contributed by atoms with Gasteiger partial charge in [-0.15, -0.1) is 0 Å². The number of nitrogens with zero attached hydrogens (tertiary/aromatic N) is 1. The van der Waals surface area contributed by atoms with E-state index in [-0.39, 0.29) is 10.6 Å². The molecule has 0 bridgehead atoms. The Balaban J connectivity index is 2.59. The minimum absolute atomic E-state index is 0.239. The van der Waals surface area contributed by atoms with Crippen LogP contribution in [0.5, 0.6) is 0 Å². The molecule has 2 nitrogen and oxygen atoms in total. The van der Waals surface area contributed by atoms with Crippen LogP contribution in [0.2, 0.25) is 0 Å². The van der Waals surface area contributed by atoms with Crippen LogP contribution < -0.4 is 4.87 Å². The van der Waals surface area contributed by atoms with E-state index in [0.717, 1.165) is 23.5 Å². The molecule has 0 aliphatic heterocycles. The monoisotopic (exact) mass is 259 g/mol. The second-order valence-electron chi connectivity index (χ2n) is 3.53. The summed E-state index contributed by atoms with van der Waals surface area (Å²) in [7, 11) is 0. The lowest BCUT2D eigenvalue weighted by molar-refractivity contribution is -0.137. The first-order valence-electron chi connectivity index (χ1n) is 4.74. The van der Waals surface area contributed by atoms with Gasteiger partial charge in [0.15, 0.2) is 0 Å². The lowest BCUT2D eigenvalue weighted by Gasteiger charge is -2.09. The second kappa shape index (κ2) is 4.03. The van der Waals surface area contributed by atoms with Gasteiger partial charge in [0.2, 0.25) is 0 Å². The van der Waals surface area contributed by atoms with Crippen LogP contribution in [-0.4, -0.2) is 4.57 Å². The van der Waals surface area contributed by atoms with Crippen LogP contribution in [0.3, 0.4) is 0 Å². The number of rotatable bonds is 1. The minimum Gasteiger partial charge on any atom is -0.272 e. The third-order valence-electron chi connectivity index (χ3n) is 2.30. The van der Waals surface area contributed by atoms with E-state index in [0.29, 0.717) is 5.69 Å². The fourth-order valence-electron chi connectivity index (χ4n) is 1.52. The van der Waals surface area contributed by atoms with Crippen LogP contribution in [0.15, 0.2) is 34.4 Å². The van der Waals surface area contributed by atoms with Gasteiger partial charge in [-0.1, -0.05) is 17.4 Å². The molecule has 0 spiro atoms. The average Bonchev–Trinajstić information content (AvgIpc) is 2.57. The maximum atomic E-state index is 12.5. The van der Waals surface area contributed by atoms with Crippen LogP contribution in [0.1, 0.15) is 11.3 Å². The summed E-state index contributed by atoms with van der Waals surface area (Å²) in [6.45, 7) is 1.68. The van der Waals surface area contributed by atoms with Crippen molar-refractivity contribution in [3.05, 3.63) is 50.6 Å². The van der Waals surface area contributed by atoms with Crippen molar-refractivity contribution in [1.82, 2.24) is 4.57 Å². The van der Waals surface area contributed by atoms with Crippen LogP contribution in [0.4, 0.5) is 13.2 Å². The molecule has 1 aromatic carbocycles. The number of hydrogen-bond acceptors (Lipinski definition) is 2. The first-order valence-corrected chi connectivity index (χ1v) is 5.62. The standard InChI is InChI=1S/C11H8F3NOS/c1-7-6-17-10(16)15(7)9-4-2-3-8(5-9)11(12,13)14/h2-6H,1H3. The van der Waals surface area contributed by atoms with Crippen LogP contribution in [-0.2, 0) is 6.18 Å². The highest BCUT2D eigenvalue weighted by Gasteiger charge is 2.30. The molecule has 0 amide bonds. The third-order valence-corrected chi connectivity index (χ3v) is 3.14. The van der Waals surface area contributed by atoms with Crippen molar-refractivity contribution < 1.29 is 13.2 Å². The van der Waals surface area contributed by atoms with Gasteiger partial charge in [-0.2, -0.15) is 13.2 Å². The highest BCUT2D eigenvalue weighted by molar-refractivity contribution is 7.07. The van der Waals surface area contributed by atoms with E-state index in [1.807, 2.05) is 0 Å². The Morgan fingerprint density at radius 2 is 2.00 bits per heavy atom. The number of thiazole rings is 1. The van der Waals surface area contributed by atoms with E-state index in [9.17, 15) is 18.0 Å². The van der Waals surface area contributed by atoms with Gasteiger partial charge in [-0.05, 0) is 25.1 Å². The van der Waals surface area contributed by atoms with Crippen molar-refractivity contribution in [2.75, 3.05) is 0 Å². The Morgan fingerprint density at radius 3 is 2.53 bits per heavy atom. The molecule has 1 heterocycles. The molecule has 90 valence electrons. The summed E-state index contributed by atoms with van der Waals surface area (Å²) in [5, 5.41) is 1.61. The van der Waals surface area contributed by atoms with E-state index >= 15 is 0 Å². The number of hydrogen-bond donors (Lipinski definition) is 0. The van der Waals surface area contributed by atoms with Crippen LogP contribution >= 0.6 is 11.3 Å². The number of benzene rings is 1. The molecule has 0 atom stereocenters. The van der Waals surface area contributed by atoms with Gasteiger partial charge in [0.1, 0.15) is 0 Å². The minimum atomic E-state index is -4.40. The number of alkyl halides is 3. The van der Waals surface area contributed by atoms with Crippen LogP contribution in [0, 0.1) is 6.92 Å². The third kappa shape index (κ3) is 2.26. The maximum Gasteiger partial charge on any atom is 0.416 e. The zero-order valence-corrected chi connectivity index (χ0v) is 9.60. The summed E-state index contributed by atoms with van der Waals surface area (Å²) >= 11 is 0.965. The zero-order valence-electron chi connectivity index (χ0n) is 8.78. The Labute approximate surface area is 98.9 Å². The molecule has 0 saturated heterocycles. The SMILES string of the molecule is Cc1csc(=O)n1-c1cccc(C(F)(F)F)c1. The largest absolute Gasteiger partial charge is 0.416 e. The molecule has 0 radical (unpaired) electrons. The number of halogens is 3. The molecule has 0 aliphatic carbocycles. The number of aromatic nitrogens is 1. The maximum absolute atomic E-state index is 12.5. The normalized spacial score (nSPS) is 11.8. The van der Waals surface area contributed by atoms with Gasteiger partial charge in [0.05, 0.1) is 11.3 Å². The summed E-state index contributed by atoms with van der Waals surface area (Å²) < 4.78 is 38.8. The van der Waals surface area contributed by atoms with E-state index in [1.165, 1.54) is 16.7 Å².